The number of carbonyl (C=O) groups excluding carboxylic acids is 2. The van der Waals surface area contributed by atoms with Crippen molar-refractivity contribution in [2.45, 2.75) is 32.7 Å². The average molecular weight is 380 g/mol. The Kier molecular flexibility index (Phi) is 5.79. The Balaban J connectivity index is 1.62. The molecule has 3 heterocycles. The summed E-state index contributed by atoms with van der Waals surface area (Å²) in [6.07, 6.45) is 1.44. The Morgan fingerprint density at radius 3 is 2.85 bits per heavy atom. The molecule has 1 fully saturated rings. The highest BCUT2D eigenvalue weighted by Gasteiger charge is 2.38. The van der Waals surface area contributed by atoms with Crippen molar-refractivity contribution in [3.8, 4) is 0 Å². The van der Waals surface area contributed by atoms with Crippen LogP contribution in [0, 0.1) is 11.8 Å². The molecule has 1 saturated heterocycles. The quantitative estimate of drug-likeness (QED) is 0.808. The Morgan fingerprint density at radius 2 is 2.15 bits per heavy atom. The van der Waals surface area contributed by atoms with E-state index in [2.05, 4.69) is 34.5 Å². The van der Waals surface area contributed by atoms with E-state index in [9.17, 15) is 9.59 Å². The lowest BCUT2D eigenvalue weighted by Gasteiger charge is -2.26. The normalized spacial score (nSPS) is 25.1. The molecule has 0 unspecified atom stereocenters. The second kappa shape index (κ2) is 7.90. The van der Waals surface area contributed by atoms with Crippen LogP contribution in [0.3, 0.4) is 0 Å². The first-order chi connectivity index (χ1) is 12.4. The predicted octanol–water partition coefficient (Wildman–Crippen LogP) is 1.78. The van der Waals surface area contributed by atoms with Gasteiger partial charge in [0, 0.05) is 51.9 Å². The van der Waals surface area contributed by atoms with Crippen LogP contribution < -0.4 is 5.32 Å². The van der Waals surface area contributed by atoms with E-state index < -0.39 is 0 Å². The van der Waals surface area contributed by atoms with Crippen LogP contribution in [0.15, 0.2) is 16.1 Å². The fourth-order valence-corrected chi connectivity index (χ4v) is 4.64. The number of fused-ring (bicyclic) bond motifs is 1. The van der Waals surface area contributed by atoms with Crippen molar-refractivity contribution >= 4 is 28.9 Å². The molecule has 7 nitrogen and oxygen atoms in total. The zero-order valence-corrected chi connectivity index (χ0v) is 16.9. The minimum atomic E-state index is -0.0981. The highest BCUT2D eigenvalue weighted by molar-refractivity contribution is 8.16. The van der Waals surface area contributed by atoms with Crippen LogP contribution in [-0.4, -0.2) is 78.1 Å². The van der Waals surface area contributed by atoms with Gasteiger partial charge in [0.05, 0.1) is 12.5 Å². The van der Waals surface area contributed by atoms with Gasteiger partial charge in [0.2, 0.25) is 5.91 Å². The summed E-state index contributed by atoms with van der Waals surface area (Å²) in [5.74, 6) is 0.820. The molecule has 0 bridgehead atoms. The lowest BCUT2D eigenvalue weighted by atomic mass is 9.91. The summed E-state index contributed by atoms with van der Waals surface area (Å²) in [6, 6.07) is -0.0908. The molecule has 3 aliphatic heterocycles. The molecule has 3 amide bonds. The van der Waals surface area contributed by atoms with Gasteiger partial charge in [0.15, 0.2) is 5.17 Å². The fraction of sp³-hybridized carbons (Fsp3) is 0.722. The highest BCUT2D eigenvalue weighted by Crippen LogP contribution is 2.32. The van der Waals surface area contributed by atoms with Crippen LogP contribution >= 0.6 is 11.8 Å². The third-order valence-electron chi connectivity index (χ3n) is 5.29. The summed E-state index contributed by atoms with van der Waals surface area (Å²) in [6.45, 7) is 7.42. The number of likely N-dealkylation sites (tertiary alicyclic amines) is 1. The molecule has 0 aromatic rings. The van der Waals surface area contributed by atoms with Crippen molar-refractivity contribution in [2.24, 2.45) is 16.8 Å². The maximum absolute atomic E-state index is 12.9. The molecular formula is C18H29N5O2S. The number of carbonyl (C=O) groups is 2. The number of rotatable bonds is 4. The van der Waals surface area contributed by atoms with Gasteiger partial charge in [-0.2, -0.15) is 0 Å². The van der Waals surface area contributed by atoms with Crippen LogP contribution in [0.1, 0.15) is 26.7 Å². The number of nitrogens with one attached hydrogen (secondary N) is 1. The molecule has 0 spiro atoms. The highest BCUT2D eigenvalue weighted by atomic mass is 32.2. The molecule has 8 heteroatoms. The predicted molar refractivity (Wildman–Crippen MR) is 105 cm³/mol. The van der Waals surface area contributed by atoms with Gasteiger partial charge in [-0.05, 0) is 17.7 Å². The Labute approximate surface area is 159 Å². The number of aliphatic imine (C=N–C) groups is 1. The van der Waals surface area contributed by atoms with E-state index >= 15 is 0 Å². The third-order valence-corrected chi connectivity index (χ3v) is 6.24. The maximum Gasteiger partial charge on any atom is 0.317 e. The van der Waals surface area contributed by atoms with Gasteiger partial charge in [-0.25, -0.2) is 4.79 Å². The maximum atomic E-state index is 12.9. The third kappa shape index (κ3) is 4.00. The summed E-state index contributed by atoms with van der Waals surface area (Å²) >= 11 is 1.62. The summed E-state index contributed by atoms with van der Waals surface area (Å²) in [5, 5.41) is 6.16. The second-order valence-electron chi connectivity index (χ2n) is 7.73. The second-order valence-corrected chi connectivity index (χ2v) is 8.57. The number of hydrogen-bond acceptors (Lipinski definition) is 5. The lowest BCUT2D eigenvalue weighted by Crippen LogP contribution is -2.46. The van der Waals surface area contributed by atoms with E-state index in [1.165, 1.54) is 0 Å². The zero-order valence-electron chi connectivity index (χ0n) is 16.1. The van der Waals surface area contributed by atoms with E-state index in [0.717, 1.165) is 30.4 Å². The zero-order chi connectivity index (χ0) is 18.8. The minimum Gasteiger partial charge on any atom is -0.340 e. The summed E-state index contributed by atoms with van der Waals surface area (Å²) in [5.41, 5.74) is 1.06. The lowest BCUT2D eigenvalue weighted by molar-refractivity contribution is -0.129. The summed E-state index contributed by atoms with van der Waals surface area (Å²) in [4.78, 5) is 35.1. The molecule has 0 radical (unpaired) electrons. The van der Waals surface area contributed by atoms with Crippen LogP contribution in [0.5, 0.6) is 0 Å². The van der Waals surface area contributed by atoms with Crippen molar-refractivity contribution in [1.29, 1.82) is 0 Å². The van der Waals surface area contributed by atoms with Gasteiger partial charge in [-0.1, -0.05) is 25.6 Å². The van der Waals surface area contributed by atoms with Crippen LogP contribution in [0.2, 0.25) is 0 Å². The van der Waals surface area contributed by atoms with Gasteiger partial charge in [0.25, 0.3) is 0 Å². The number of nitrogens with zero attached hydrogens (tertiary/aromatic N) is 4. The summed E-state index contributed by atoms with van der Waals surface area (Å²) < 4.78 is 0. The Hall–Kier alpha value is -1.70. The standard InChI is InChI=1S/C18H29N5O2S/c1-12(2)14-9-22(10-15(14)20-17(25)21(3)4)16(24)8-13-11-26-18-19-6-5-7-23(13)18/h11-12,14-15H,5-10H2,1-4H3,(H,20,25)/t14-,15+/m0/s1. The molecule has 26 heavy (non-hydrogen) atoms. The van der Waals surface area contributed by atoms with Gasteiger partial charge in [-0.3, -0.25) is 9.79 Å². The fourth-order valence-electron chi connectivity index (χ4n) is 3.69. The van der Waals surface area contributed by atoms with E-state index in [-0.39, 0.29) is 23.9 Å². The van der Waals surface area contributed by atoms with Gasteiger partial charge in [0.1, 0.15) is 0 Å². The molecule has 144 valence electrons. The molecular weight excluding hydrogens is 350 g/mol. The van der Waals surface area contributed by atoms with E-state index in [1.54, 1.807) is 30.8 Å². The van der Waals surface area contributed by atoms with Crippen molar-refractivity contribution < 1.29 is 9.59 Å². The molecule has 0 saturated carbocycles. The van der Waals surface area contributed by atoms with E-state index in [1.807, 2.05) is 4.90 Å². The number of urea groups is 1. The largest absolute Gasteiger partial charge is 0.340 e. The van der Waals surface area contributed by atoms with Gasteiger partial charge < -0.3 is 20.0 Å². The minimum absolute atomic E-state index is 0.00731. The molecule has 3 rings (SSSR count). The van der Waals surface area contributed by atoms with Crippen molar-refractivity contribution in [1.82, 2.24) is 20.0 Å². The van der Waals surface area contributed by atoms with Crippen molar-refractivity contribution in [2.75, 3.05) is 40.3 Å². The molecule has 0 aromatic heterocycles. The number of hydrogen-bond donors (Lipinski definition) is 1. The van der Waals surface area contributed by atoms with Crippen LogP contribution in [0.25, 0.3) is 0 Å². The van der Waals surface area contributed by atoms with Gasteiger partial charge in [-0.15, -0.1) is 0 Å². The molecule has 2 atom stereocenters. The molecule has 1 N–H and O–H groups in total. The summed E-state index contributed by atoms with van der Waals surface area (Å²) in [7, 11) is 3.47. The number of thioether (sulfide) groups is 1. The first kappa shape index (κ1) is 19.1. The SMILES string of the molecule is CC(C)[C@@H]1CN(C(=O)CC2=CSC3=NCCCN23)C[C@H]1NC(=O)N(C)C. The van der Waals surface area contributed by atoms with Crippen molar-refractivity contribution in [3.63, 3.8) is 0 Å². The Morgan fingerprint density at radius 1 is 1.38 bits per heavy atom. The molecule has 0 aromatic carbocycles. The van der Waals surface area contributed by atoms with E-state index in [4.69, 9.17) is 0 Å². The first-order valence-electron chi connectivity index (χ1n) is 9.30. The van der Waals surface area contributed by atoms with Crippen LogP contribution in [0.4, 0.5) is 4.79 Å². The first-order valence-corrected chi connectivity index (χ1v) is 10.2. The van der Waals surface area contributed by atoms with Crippen molar-refractivity contribution in [3.05, 3.63) is 11.1 Å². The van der Waals surface area contributed by atoms with Gasteiger partial charge >= 0.3 is 6.03 Å². The average Bonchev–Trinajstić information content (AvgIpc) is 3.19. The Bertz CT molecular complexity index is 631. The smallest absolute Gasteiger partial charge is 0.317 e. The molecule has 0 aliphatic carbocycles. The van der Waals surface area contributed by atoms with E-state index in [0.29, 0.717) is 25.4 Å². The monoisotopic (exact) mass is 379 g/mol. The number of amides is 3. The number of amidine groups is 1. The molecule has 3 aliphatic rings. The van der Waals surface area contributed by atoms with Crippen LogP contribution in [-0.2, 0) is 4.79 Å². The topological polar surface area (TPSA) is 68.2 Å².